The average Bonchev–Trinajstić information content (AvgIpc) is 3.08. The Labute approximate surface area is 112 Å². The van der Waals surface area contributed by atoms with Crippen molar-refractivity contribution in [1.82, 2.24) is 15.3 Å². The van der Waals surface area contributed by atoms with Crippen molar-refractivity contribution in [2.45, 2.75) is 31.8 Å². The number of imidazole rings is 1. The van der Waals surface area contributed by atoms with Crippen LogP contribution in [0.5, 0.6) is 0 Å². The molecule has 4 heteroatoms. The molecule has 1 fully saturated rings. The van der Waals surface area contributed by atoms with Gasteiger partial charge in [-0.1, -0.05) is 23.7 Å². The van der Waals surface area contributed by atoms with Gasteiger partial charge in [0.15, 0.2) is 0 Å². The summed E-state index contributed by atoms with van der Waals surface area (Å²) in [6.07, 6.45) is 5.33. The van der Waals surface area contributed by atoms with E-state index in [4.69, 9.17) is 11.6 Å². The first-order chi connectivity index (χ1) is 8.79. The lowest BCUT2D eigenvalue weighted by Crippen LogP contribution is -2.15. The summed E-state index contributed by atoms with van der Waals surface area (Å²) < 4.78 is 0. The van der Waals surface area contributed by atoms with Gasteiger partial charge in [0.05, 0.1) is 0 Å². The molecule has 1 heterocycles. The molecule has 0 bridgehead atoms. The fraction of sp³-hybridized carbons (Fsp3) is 0.357. The molecule has 3 rings (SSSR count). The lowest BCUT2D eigenvalue weighted by Gasteiger charge is -2.00. The van der Waals surface area contributed by atoms with E-state index in [2.05, 4.69) is 21.4 Å². The van der Waals surface area contributed by atoms with E-state index in [9.17, 15) is 0 Å². The smallest absolute Gasteiger partial charge is 0.110 e. The highest BCUT2D eigenvalue weighted by atomic mass is 35.5. The third kappa shape index (κ3) is 3.12. The van der Waals surface area contributed by atoms with Gasteiger partial charge in [0.25, 0.3) is 0 Å². The van der Waals surface area contributed by atoms with Crippen molar-refractivity contribution in [3.05, 3.63) is 52.6 Å². The number of hydrogen-bond acceptors (Lipinski definition) is 2. The highest BCUT2D eigenvalue weighted by Crippen LogP contribution is 2.19. The summed E-state index contributed by atoms with van der Waals surface area (Å²) in [6.45, 7) is 0.882. The molecule has 0 spiro atoms. The van der Waals surface area contributed by atoms with E-state index in [1.54, 1.807) is 0 Å². The number of aromatic amines is 1. The van der Waals surface area contributed by atoms with Gasteiger partial charge in [-0.2, -0.15) is 0 Å². The van der Waals surface area contributed by atoms with Crippen LogP contribution in [0.15, 0.2) is 30.5 Å². The van der Waals surface area contributed by atoms with Crippen molar-refractivity contribution in [3.8, 4) is 0 Å². The van der Waals surface area contributed by atoms with Crippen molar-refractivity contribution in [2.75, 3.05) is 0 Å². The Morgan fingerprint density at radius 1 is 1.39 bits per heavy atom. The molecule has 0 saturated heterocycles. The van der Waals surface area contributed by atoms with Gasteiger partial charge < -0.3 is 10.3 Å². The number of benzene rings is 1. The van der Waals surface area contributed by atoms with Crippen LogP contribution in [0, 0.1) is 0 Å². The van der Waals surface area contributed by atoms with E-state index in [1.165, 1.54) is 18.4 Å². The first-order valence-electron chi connectivity index (χ1n) is 6.30. The maximum atomic E-state index is 5.97. The van der Waals surface area contributed by atoms with Crippen LogP contribution < -0.4 is 5.32 Å². The number of nitrogens with one attached hydrogen (secondary N) is 2. The van der Waals surface area contributed by atoms with Gasteiger partial charge in [-0.05, 0) is 30.5 Å². The van der Waals surface area contributed by atoms with Gasteiger partial charge in [-0.3, -0.25) is 0 Å². The van der Waals surface area contributed by atoms with Gasteiger partial charge >= 0.3 is 0 Å². The largest absolute Gasteiger partial charge is 0.345 e. The van der Waals surface area contributed by atoms with Crippen LogP contribution in [0.2, 0.25) is 5.02 Å². The Bertz CT molecular complexity index is 531. The third-order valence-corrected chi connectivity index (χ3v) is 3.34. The van der Waals surface area contributed by atoms with Gasteiger partial charge in [0.1, 0.15) is 5.82 Å². The Balaban J connectivity index is 1.61. The van der Waals surface area contributed by atoms with Crippen LogP contribution in [0.3, 0.4) is 0 Å². The number of H-pyrrole nitrogens is 1. The summed E-state index contributed by atoms with van der Waals surface area (Å²) in [6, 6.07) is 8.63. The molecule has 18 heavy (non-hydrogen) atoms. The highest BCUT2D eigenvalue weighted by Gasteiger charge is 2.20. The zero-order chi connectivity index (χ0) is 12.4. The molecule has 1 saturated carbocycles. The van der Waals surface area contributed by atoms with Crippen LogP contribution in [0.4, 0.5) is 0 Å². The first-order valence-corrected chi connectivity index (χ1v) is 6.68. The van der Waals surface area contributed by atoms with Crippen molar-refractivity contribution < 1.29 is 0 Å². The van der Waals surface area contributed by atoms with E-state index >= 15 is 0 Å². The Kier molecular flexibility index (Phi) is 3.35. The molecule has 1 aromatic heterocycles. The van der Waals surface area contributed by atoms with Gasteiger partial charge in [-0.15, -0.1) is 0 Å². The normalized spacial score (nSPS) is 14.9. The molecule has 1 aliphatic carbocycles. The van der Waals surface area contributed by atoms with Crippen molar-refractivity contribution in [3.63, 3.8) is 0 Å². The Morgan fingerprint density at radius 3 is 3.06 bits per heavy atom. The molecule has 3 nitrogen and oxygen atoms in total. The van der Waals surface area contributed by atoms with Gasteiger partial charge in [0, 0.05) is 35.9 Å². The molecule has 0 unspecified atom stereocenters. The van der Waals surface area contributed by atoms with Crippen LogP contribution in [-0.2, 0) is 13.0 Å². The molecule has 0 aliphatic heterocycles. The Morgan fingerprint density at radius 2 is 2.28 bits per heavy atom. The molecular formula is C14H16ClN3. The average molecular weight is 262 g/mol. The first kappa shape index (κ1) is 11.8. The zero-order valence-electron chi connectivity index (χ0n) is 10.1. The summed E-state index contributed by atoms with van der Waals surface area (Å²) in [7, 11) is 0. The number of aromatic nitrogens is 2. The van der Waals surface area contributed by atoms with Crippen LogP contribution in [0.25, 0.3) is 0 Å². The van der Waals surface area contributed by atoms with Crippen molar-refractivity contribution in [1.29, 1.82) is 0 Å². The number of rotatable bonds is 5. The molecule has 0 amide bonds. The van der Waals surface area contributed by atoms with E-state index in [-0.39, 0.29) is 0 Å². The topological polar surface area (TPSA) is 40.7 Å². The highest BCUT2D eigenvalue weighted by molar-refractivity contribution is 6.30. The predicted molar refractivity (Wildman–Crippen MR) is 72.7 cm³/mol. The Hall–Kier alpha value is -1.32. The van der Waals surface area contributed by atoms with Crippen molar-refractivity contribution >= 4 is 11.6 Å². The SMILES string of the molecule is Clc1cccc(Cc2ncc(CNC3CC3)[nH]2)c1. The minimum Gasteiger partial charge on any atom is -0.345 e. The predicted octanol–water partition coefficient (Wildman–Crippen LogP) is 2.91. The summed E-state index contributed by atoms with van der Waals surface area (Å²) in [5.74, 6) is 0.991. The minimum atomic E-state index is 0.727. The second-order valence-electron chi connectivity index (χ2n) is 4.82. The lowest BCUT2D eigenvalue weighted by molar-refractivity contribution is 0.676. The number of nitrogens with zero attached hydrogens (tertiary/aromatic N) is 1. The fourth-order valence-corrected chi connectivity index (χ4v) is 2.18. The molecular weight excluding hydrogens is 246 g/mol. The molecule has 2 N–H and O–H groups in total. The zero-order valence-corrected chi connectivity index (χ0v) is 10.9. The summed E-state index contributed by atoms with van der Waals surface area (Å²) in [5, 5.41) is 4.24. The minimum absolute atomic E-state index is 0.727. The monoisotopic (exact) mass is 261 g/mol. The lowest BCUT2D eigenvalue weighted by atomic mass is 10.1. The molecule has 1 aliphatic rings. The second kappa shape index (κ2) is 5.12. The van der Waals surface area contributed by atoms with Crippen LogP contribution in [-0.4, -0.2) is 16.0 Å². The molecule has 0 radical (unpaired) electrons. The summed E-state index contributed by atoms with van der Waals surface area (Å²) >= 11 is 5.97. The number of halogens is 1. The van der Waals surface area contributed by atoms with Gasteiger partial charge in [0.2, 0.25) is 0 Å². The van der Waals surface area contributed by atoms with Gasteiger partial charge in [-0.25, -0.2) is 4.98 Å². The standard InChI is InChI=1S/C14H16ClN3/c15-11-3-1-2-10(6-11)7-14-17-9-13(18-14)8-16-12-4-5-12/h1-3,6,9,12,16H,4-5,7-8H2,(H,17,18). The molecule has 0 atom stereocenters. The van der Waals surface area contributed by atoms with Crippen LogP contribution >= 0.6 is 11.6 Å². The fourth-order valence-electron chi connectivity index (χ4n) is 1.97. The van der Waals surface area contributed by atoms with E-state index < -0.39 is 0 Å². The second-order valence-corrected chi connectivity index (χ2v) is 5.25. The van der Waals surface area contributed by atoms with E-state index in [0.29, 0.717) is 0 Å². The van der Waals surface area contributed by atoms with Crippen LogP contribution in [0.1, 0.15) is 29.9 Å². The van der Waals surface area contributed by atoms with E-state index in [1.807, 2.05) is 24.4 Å². The molecule has 1 aromatic carbocycles. The van der Waals surface area contributed by atoms with E-state index in [0.717, 1.165) is 35.5 Å². The van der Waals surface area contributed by atoms with Crippen molar-refractivity contribution in [2.24, 2.45) is 0 Å². The third-order valence-electron chi connectivity index (χ3n) is 3.10. The number of hydrogen-bond donors (Lipinski definition) is 2. The molecule has 2 aromatic rings. The molecule has 94 valence electrons. The maximum absolute atomic E-state index is 5.97. The quantitative estimate of drug-likeness (QED) is 0.869. The maximum Gasteiger partial charge on any atom is 0.110 e. The summed E-state index contributed by atoms with van der Waals surface area (Å²) in [5.41, 5.74) is 2.33. The summed E-state index contributed by atoms with van der Waals surface area (Å²) in [4.78, 5) is 7.75.